The Balaban J connectivity index is 1.08. The molecule has 42 heavy (non-hydrogen) atoms. The highest BCUT2D eigenvalue weighted by atomic mass is 35.5. The number of carbonyl (C=O) groups excluding carboxylic acids is 1. The molecule has 3 aliphatic rings. The third-order valence-corrected chi connectivity index (χ3v) is 10.4. The van der Waals surface area contributed by atoms with Crippen LogP contribution in [0, 0.1) is 5.92 Å². The molecule has 1 saturated carbocycles. The van der Waals surface area contributed by atoms with Crippen molar-refractivity contribution in [3.8, 4) is 5.69 Å². The molecule has 2 aromatic carbocycles. The topological polar surface area (TPSA) is 68.6 Å². The number of carbonyl (C=O) groups is 1. The highest BCUT2D eigenvalue weighted by Crippen LogP contribution is 2.43. The number of aromatic nitrogens is 2. The maximum absolute atomic E-state index is 12.7. The van der Waals surface area contributed by atoms with Crippen molar-refractivity contribution in [2.75, 3.05) is 31.2 Å². The minimum absolute atomic E-state index is 0.0422. The summed E-state index contributed by atoms with van der Waals surface area (Å²) in [6, 6.07) is 13.5. The molecule has 1 N–H and O–H groups in total. The van der Waals surface area contributed by atoms with E-state index < -0.39 is 0 Å². The van der Waals surface area contributed by atoms with Crippen molar-refractivity contribution < 1.29 is 14.3 Å². The number of nitrogens with one attached hydrogen (secondary N) is 1. The lowest BCUT2D eigenvalue weighted by Gasteiger charge is -2.39. The van der Waals surface area contributed by atoms with Gasteiger partial charge < -0.3 is 14.4 Å². The molecule has 10 heteroatoms. The Kier molecular flexibility index (Phi) is 9.66. The lowest BCUT2D eigenvalue weighted by atomic mass is 9.91. The lowest BCUT2D eigenvalue weighted by Crippen LogP contribution is -2.44. The molecule has 1 aromatic heterocycles. The van der Waals surface area contributed by atoms with Crippen LogP contribution in [0.25, 0.3) is 5.69 Å². The van der Waals surface area contributed by atoms with Crippen LogP contribution in [0.15, 0.2) is 48.7 Å². The molecular formula is C32H38Cl2N4O3S. The summed E-state index contributed by atoms with van der Waals surface area (Å²) < 4.78 is 17.0. The Hall–Kier alpha value is -2.23. The SMILES string of the molecule is CCC1CN(c2ccc(C(=O)NSC3CCOCC3)cc2)CCC1OCc1c(C2CC2)cnn1-c1c(Cl)cccc1Cl. The third-order valence-electron chi connectivity index (χ3n) is 8.67. The lowest BCUT2D eigenvalue weighted by molar-refractivity contribution is -0.0137. The number of piperidine rings is 1. The number of rotatable bonds is 10. The quantitative estimate of drug-likeness (QED) is 0.235. The number of hydrogen-bond donors (Lipinski definition) is 1. The minimum atomic E-state index is -0.0422. The smallest absolute Gasteiger partial charge is 0.261 e. The van der Waals surface area contributed by atoms with Crippen LogP contribution >= 0.6 is 35.1 Å². The van der Waals surface area contributed by atoms with Crippen molar-refractivity contribution >= 4 is 46.7 Å². The summed E-state index contributed by atoms with van der Waals surface area (Å²) in [5, 5.41) is 6.28. The van der Waals surface area contributed by atoms with Crippen LogP contribution in [-0.2, 0) is 16.1 Å². The monoisotopic (exact) mass is 628 g/mol. The van der Waals surface area contributed by atoms with Crippen LogP contribution in [0.4, 0.5) is 5.69 Å². The zero-order valence-electron chi connectivity index (χ0n) is 23.9. The highest BCUT2D eigenvalue weighted by Gasteiger charge is 2.33. The maximum atomic E-state index is 12.7. The molecule has 3 heterocycles. The van der Waals surface area contributed by atoms with Gasteiger partial charge in [-0.3, -0.25) is 9.52 Å². The number of anilines is 1. The van der Waals surface area contributed by atoms with E-state index in [2.05, 4.69) is 28.7 Å². The average Bonchev–Trinajstić information content (AvgIpc) is 3.79. The number of para-hydroxylation sites is 1. The van der Waals surface area contributed by atoms with Gasteiger partial charge in [-0.25, -0.2) is 4.68 Å². The van der Waals surface area contributed by atoms with Gasteiger partial charge in [0.15, 0.2) is 0 Å². The first kappa shape index (κ1) is 29.8. The Labute approximate surface area is 262 Å². The molecule has 0 spiro atoms. The second-order valence-corrected chi connectivity index (χ2v) is 13.4. The predicted octanol–water partition coefficient (Wildman–Crippen LogP) is 7.44. The van der Waals surface area contributed by atoms with Crippen LogP contribution in [0.5, 0.6) is 0 Å². The fourth-order valence-electron chi connectivity index (χ4n) is 6.01. The molecule has 224 valence electrons. The molecule has 7 nitrogen and oxygen atoms in total. The molecule has 6 rings (SSSR count). The summed E-state index contributed by atoms with van der Waals surface area (Å²) in [6.45, 7) is 6.06. The Morgan fingerprint density at radius 2 is 1.81 bits per heavy atom. The van der Waals surface area contributed by atoms with Crippen molar-refractivity contribution in [3.63, 3.8) is 0 Å². The molecule has 1 aliphatic carbocycles. The van der Waals surface area contributed by atoms with Crippen LogP contribution in [0.1, 0.15) is 73.0 Å². The van der Waals surface area contributed by atoms with Crippen molar-refractivity contribution in [1.29, 1.82) is 0 Å². The summed E-state index contributed by atoms with van der Waals surface area (Å²) in [5.41, 5.74) is 4.83. The van der Waals surface area contributed by atoms with Crippen LogP contribution in [-0.4, -0.2) is 53.3 Å². The number of nitrogens with zero attached hydrogens (tertiary/aromatic N) is 3. The minimum Gasteiger partial charge on any atom is -0.381 e. The second kappa shape index (κ2) is 13.6. The fraction of sp³-hybridized carbons (Fsp3) is 0.500. The van der Waals surface area contributed by atoms with E-state index in [4.69, 9.17) is 37.8 Å². The molecular weight excluding hydrogens is 591 g/mol. The van der Waals surface area contributed by atoms with Crippen molar-refractivity contribution in [2.24, 2.45) is 5.92 Å². The van der Waals surface area contributed by atoms with E-state index in [1.807, 2.05) is 41.2 Å². The van der Waals surface area contributed by atoms with Gasteiger partial charge in [0.1, 0.15) is 5.69 Å². The normalized spacial score (nSPS) is 21.5. The fourth-order valence-corrected chi connectivity index (χ4v) is 7.38. The molecule has 3 fully saturated rings. The summed E-state index contributed by atoms with van der Waals surface area (Å²) in [4.78, 5) is 15.1. The van der Waals surface area contributed by atoms with Crippen LogP contribution in [0.3, 0.4) is 0 Å². The Morgan fingerprint density at radius 3 is 2.50 bits per heavy atom. The largest absolute Gasteiger partial charge is 0.381 e. The van der Waals surface area contributed by atoms with Gasteiger partial charge in [-0.15, -0.1) is 0 Å². The van der Waals surface area contributed by atoms with Gasteiger partial charge in [-0.05, 0) is 98.4 Å². The Morgan fingerprint density at radius 1 is 1.07 bits per heavy atom. The van der Waals surface area contributed by atoms with E-state index >= 15 is 0 Å². The third kappa shape index (κ3) is 6.78. The molecule has 3 aromatic rings. The molecule has 2 saturated heterocycles. The van der Waals surface area contributed by atoms with E-state index in [1.165, 1.54) is 30.4 Å². The summed E-state index contributed by atoms with van der Waals surface area (Å²) >= 11 is 14.7. The number of halogens is 2. The average molecular weight is 630 g/mol. The molecule has 0 radical (unpaired) electrons. The van der Waals surface area contributed by atoms with Gasteiger partial charge in [0.05, 0.1) is 34.6 Å². The first-order chi connectivity index (χ1) is 20.5. The number of ether oxygens (including phenoxy) is 2. The molecule has 2 aliphatic heterocycles. The molecule has 2 unspecified atom stereocenters. The van der Waals surface area contributed by atoms with E-state index in [1.54, 1.807) is 0 Å². The Bertz CT molecular complexity index is 1350. The van der Waals surface area contributed by atoms with Gasteiger partial charge in [-0.2, -0.15) is 5.10 Å². The zero-order chi connectivity index (χ0) is 29.1. The van der Waals surface area contributed by atoms with Crippen LogP contribution in [0.2, 0.25) is 10.0 Å². The van der Waals surface area contributed by atoms with E-state index in [9.17, 15) is 4.79 Å². The van der Waals surface area contributed by atoms with Gasteiger partial charge in [0.2, 0.25) is 0 Å². The maximum Gasteiger partial charge on any atom is 0.261 e. The molecule has 1 amide bonds. The van der Waals surface area contributed by atoms with Crippen LogP contribution < -0.4 is 9.62 Å². The summed E-state index contributed by atoms with van der Waals surface area (Å²) in [6.07, 6.45) is 8.38. The number of benzene rings is 2. The van der Waals surface area contributed by atoms with Crippen molar-refractivity contribution in [1.82, 2.24) is 14.5 Å². The van der Waals surface area contributed by atoms with E-state index in [0.717, 1.165) is 63.4 Å². The van der Waals surface area contributed by atoms with E-state index in [-0.39, 0.29) is 12.0 Å². The first-order valence-electron chi connectivity index (χ1n) is 15.0. The van der Waals surface area contributed by atoms with Gasteiger partial charge in [0.25, 0.3) is 5.91 Å². The summed E-state index contributed by atoms with van der Waals surface area (Å²) in [7, 11) is 0. The van der Waals surface area contributed by atoms with E-state index in [0.29, 0.717) is 45.0 Å². The van der Waals surface area contributed by atoms with Crippen molar-refractivity contribution in [2.45, 2.75) is 69.3 Å². The van der Waals surface area contributed by atoms with Gasteiger partial charge in [0, 0.05) is 48.7 Å². The van der Waals surface area contributed by atoms with Gasteiger partial charge in [-0.1, -0.05) is 36.2 Å². The summed E-state index contributed by atoms with van der Waals surface area (Å²) in [5.74, 6) is 0.884. The standard InChI is InChI=1S/C32H38Cl2N4O3S/c1-2-21-19-37(24-10-8-23(9-11-24)32(39)36-42-25-13-16-40-17-14-25)15-12-30(21)41-20-29-26(22-6-7-22)18-35-38(29)31-27(33)4-3-5-28(31)34/h3-5,8-11,18,21-22,25,30H,2,6-7,12-17,19-20H2,1H3,(H,36,39). The van der Waals surface area contributed by atoms with Crippen molar-refractivity contribution in [3.05, 3.63) is 75.5 Å². The highest BCUT2D eigenvalue weighted by molar-refractivity contribution is 7.98. The zero-order valence-corrected chi connectivity index (χ0v) is 26.3. The first-order valence-corrected chi connectivity index (χ1v) is 16.7. The predicted molar refractivity (Wildman–Crippen MR) is 170 cm³/mol. The number of hydrogen-bond acceptors (Lipinski definition) is 6. The molecule has 0 bridgehead atoms. The number of amides is 1. The molecule has 2 atom stereocenters. The second-order valence-electron chi connectivity index (χ2n) is 11.5. The van der Waals surface area contributed by atoms with Gasteiger partial charge >= 0.3 is 0 Å².